The number of hydrogen-bond donors (Lipinski definition) is 1. The van der Waals surface area contributed by atoms with E-state index in [1.54, 1.807) is 0 Å². The number of halogens is 1. The lowest BCUT2D eigenvalue weighted by Gasteiger charge is -2.07. The highest BCUT2D eigenvalue weighted by atomic mass is 35.5. The number of aliphatic hydroxyl groups excluding tert-OH is 1. The third kappa shape index (κ3) is 2.66. The van der Waals surface area contributed by atoms with Gasteiger partial charge in [-0.2, -0.15) is 5.10 Å². The van der Waals surface area contributed by atoms with Gasteiger partial charge in [0.15, 0.2) is 0 Å². The van der Waals surface area contributed by atoms with Gasteiger partial charge >= 0.3 is 0 Å². The largest absolute Gasteiger partial charge is 0.391 e. The average Bonchev–Trinajstić information content (AvgIpc) is 2.87. The summed E-state index contributed by atoms with van der Waals surface area (Å²) in [4.78, 5) is 0. The maximum absolute atomic E-state index is 9.47. The standard InChI is InChI=1S/C13H21ClN2O/c1-9(2)7-16-13(14)11(8-17)12(15-16)10-5-3-4-6-10/h9-10,17H,3-8H2,1-2H3. The summed E-state index contributed by atoms with van der Waals surface area (Å²) >= 11 is 6.29. The van der Waals surface area contributed by atoms with Crippen LogP contribution in [-0.4, -0.2) is 14.9 Å². The Morgan fingerprint density at radius 1 is 1.41 bits per heavy atom. The zero-order chi connectivity index (χ0) is 12.4. The molecule has 0 amide bonds. The first-order chi connectivity index (χ1) is 8.13. The van der Waals surface area contributed by atoms with Crippen molar-refractivity contribution < 1.29 is 5.11 Å². The average molecular weight is 257 g/mol. The molecule has 1 aromatic rings. The van der Waals surface area contributed by atoms with E-state index in [9.17, 15) is 5.11 Å². The molecule has 1 fully saturated rings. The van der Waals surface area contributed by atoms with E-state index < -0.39 is 0 Å². The van der Waals surface area contributed by atoms with Crippen LogP contribution >= 0.6 is 11.6 Å². The fraction of sp³-hybridized carbons (Fsp3) is 0.769. The summed E-state index contributed by atoms with van der Waals surface area (Å²) in [5.74, 6) is 1.01. The Bertz CT molecular complexity index is 381. The monoisotopic (exact) mass is 256 g/mol. The van der Waals surface area contributed by atoms with Gasteiger partial charge < -0.3 is 5.11 Å². The maximum Gasteiger partial charge on any atom is 0.132 e. The van der Waals surface area contributed by atoms with E-state index in [4.69, 9.17) is 11.6 Å². The van der Waals surface area contributed by atoms with Gasteiger partial charge in [-0.15, -0.1) is 0 Å². The van der Waals surface area contributed by atoms with Crippen molar-refractivity contribution in [2.24, 2.45) is 5.92 Å². The molecule has 17 heavy (non-hydrogen) atoms. The molecule has 3 nitrogen and oxygen atoms in total. The van der Waals surface area contributed by atoms with Crippen LogP contribution < -0.4 is 0 Å². The van der Waals surface area contributed by atoms with Crippen LogP contribution in [0.4, 0.5) is 0 Å². The molecule has 0 radical (unpaired) electrons. The van der Waals surface area contributed by atoms with Crippen molar-refractivity contribution >= 4 is 11.6 Å². The molecule has 1 saturated carbocycles. The second-order valence-corrected chi connectivity index (χ2v) is 5.73. The Balaban J connectivity index is 2.30. The summed E-state index contributed by atoms with van der Waals surface area (Å²) in [6.07, 6.45) is 4.90. The van der Waals surface area contributed by atoms with E-state index in [0.29, 0.717) is 17.0 Å². The summed E-state index contributed by atoms with van der Waals surface area (Å²) < 4.78 is 1.85. The van der Waals surface area contributed by atoms with Crippen molar-refractivity contribution in [3.05, 3.63) is 16.4 Å². The van der Waals surface area contributed by atoms with Crippen LogP contribution in [0.3, 0.4) is 0 Å². The topological polar surface area (TPSA) is 38.0 Å². The Morgan fingerprint density at radius 3 is 2.59 bits per heavy atom. The van der Waals surface area contributed by atoms with Crippen LogP contribution in [-0.2, 0) is 13.2 Å². The van der Waals surface area contributed by atoms with E-state index in [1.165, 1.54) is 25.7 Å². The highest BCUT2D eigenvalue weighted by molar-refractivity contribution is 6.30. The first-order valence-electron chi connectivity index (χ1n) is 6.49. The third-order valence-corrected chi connectivity index (χ3v) is 3.87. The predicted octanol–water partition coefficient (Wildman–Crippen LogP) is 3.34. The first kappa shape index (κ1) is 12.9. The van der Waals surface area contributed by atoms with Gasteiger partial charge in [0, 0.05) is 18.0 Å². The molecule has 96 valence electrons. The van der Waals surface area contributed by atoms with Crippen molar-refractivity contribution in [1.29, 1.82) is 0 Å². The Kier molecular flexibility index (Phi) is 4.10. The molecule has 0 aromatic carbocycles. The quantitative estimate of drug-likeness (QED) is 0.897. The van der Waals surface area contributed by atoms with E-state index in [1.807, 2.05) is 4.68 Å². The normalized spacial score (nSPS) is 17.2. The summed E-state index contributed by atoms with van der Waals surface area (Å²) in [5, 5.41) is 14.7. The van der Waals surface area contributed by atoms with Crippen molar-refractivity contribution in [2.75, 3.05) is 0 Å². The molecule has 0 atom stereocenters. The van der Waals surface area contributed by atoms with Gasteiger partial charge in [-0.1, -0.05) is 38.3 Å². The summed E-state index contributed by atoms with van der Waals surface area (Å²) in [7, 11) is 0. The van der Waals surface area contributed by atoms with Crippen LogP contribution in [0.2, 0.25) is 5.15 Å². The Morgan fingerprint density at radius 2 is 2.06 bits per heavy atom. The molecule has 0 bridgehead atoms. The molecular formula is C13H21ClN2O. The Hall–Kier alpha value is -0.540. The number of rotatable bonds is 4. The fourth-order valence-corrected chi connectivity index (χ4v) is 2.90. The molecule has 1 aromatic heterocycles. The molecule has 0 aliphatic heterocycles. The number of aromatic nitrogens is 2. The molecule has 0 spiro atoms. The minimum Gasteiger partial charge on any atom is -0.391 e. The zero-order valence-electron chi connectivity index (χ0n) is 10.6. The minimum atomic E-state index is 0.00274. The fourth-order valence-electron chi connectivity index (χ4n) is 2.64. The molecule has 0 saturated heterocycles. The van der Waals surface area contributed by atoms with Crippen molar-refractivity contribution in [3.8, 4) is 0 Å². The summed E-state index contributed by atoms with van der Waals surface area (Å²) in [5.41, 5.74) is 1.88. The second kappa shape index (κ2) is 5.40. The molecular weight excluding hydrogens is 236 g/mol. The van der Waals surface area contributed by atoms with Crippen LogP contribution in [0.25, 0.3) is 0 Å². The zero-order valence-corrected chi connectivity index (χ0v) is 11.4. The lowest BCUT2D eigenvalue weighted by atomic mass is 10.0. The number of hydrogen-bond acceptors (Lipinski definition) is 2. The van der Waals surface area contributed by atoms with Gasteiger partial charge in [0.2, 0.25) is 0 Å². The van der Waals surface area contributed by atoms with Gasteiger partial charge in [0.05, 0.1) is 12.3 Å². The Labute approximate surface area is 108 Å². The maximum atomic E-state index is 9.47. The van der Waals surface area contributed by atoms with Crippen LogP contribution in [0.1, 0.15) is 56.7 Å². The molecule has 1 aliphatic carbocycles. The highest BCUT2D eigenvalue weighted by Gasteiger charge is 2.25. The lowest BCUT2D eigenvalue weighted by Crippen LogP contribution is -2.07. The van der Waals surface area contributed by atoms with E-state index in [0.717, 1.165) is 17.8 Å². The van der Waals surface area contributed by atoms with Gasteiger partial charge in [-0.3, -0.25) is 4.68 Å². The first-order valence-corrected chi connectivity index (χ1v) is 6.87. The van der Waals surface area contributed by atoms with E-state index in [-0.39, 0.29) is 6.61 Å². The van der Waals surface area contributed by atoms with Crippen molar-refractivity contribution in [2.45, 2.75) is 58.6 Å². The van der Waals surface area contributed by atoms with Crippen LogP contribution in [0.15, 0.2) is 0 Å². The smallest absolute Gasteiger partial charge is 0.132 e. The van der Waals surface area contributed by atoms with Gasteiger partial charge in [-0.25, -0.2) is 0 Å². The molecule has 1 N–H and O–H groups in total. The molecule has 2 rings (SSSR count). The van der Waals surface area contributed by atoms with Crippen LogP contribution in [0, 0.1) is 5.92 Å². The number of nitrogens with zero attached hydrogens (tertiary/aromatic N) is 2. The second-order valence-electron chi connectivity index (χ2n) is 5.37. The van der Waals surface area contributed by atoms with Gasteiger partial charge in [0.25, 0.3) is 0 Å². The van der Waals surface area contributed by atoms with Crippen molar-refractivity contribution in [1.82, 2.24) is 9.78 Å². The third-order valence-electron chi connectivity index (χ3n) is 3.45. The summed E-state index contributed by atoms with van der Waals surface area (Å²) in [6, 6.07) is 0. The predicted molar refractivity (Wildman–Crippen MR) is 69.2 cm³/mol. The van der Waals surface area contributed by atoms with E-state index in [2.05, 4.69) is 18.9 Å². The minimum absolute atomic E-state index is 0.00274. The molecule has 4 heteroatoms. The summed E-state index contributed by atoms with van der Waals surface area (Å²) in [6.45, 7) is 5.11. The highest BCUT2D eigenvalue weighted by Crippen LogP contribution is 2.37. The lowest BCUT2D eigenvalue weighted by molar-refractivity contribution is 0.280. The molecule has 1 aliphatic rings. The molecule has 1 heterocycles. The molecule has 0 unspecified atom stereocenters. The number of aliphatic hydroxyl groups is 1. The van der Waals surface area contributed by atoms with Gasteiger partial charge in [-0.05, 0) is 18.8 Å². The van der Waals surface area contributed by atoms with E-state index >= 15 is 0 Å². The SMILES string of the molecule is CC(C)Cn1nc(C2CCCC2)c(CO)c1Cl. The van der Waals surface area contributed by atoms with Crippen LogP contribution in [0.5, 0.6) is 0 Å². The van der Waals surface area contributed by atoms with Crippen molar-refractivity contribution in [3.63, 3.8) is 0 Å². The van der Waals surface area contributed by atoms with Gasteiger partial charge in [0.1, 0.15) is 5.15 Å².